The van der Waals surface area contributed by atoms with Gasteiger partial charge in [-0.2, -0.15) is 0 Å². The Hall–Kier alpha value is -1.06. The van der Waals surface area contributed by atoms with E-state index < -0.39 is 0 Å². The minimum atomic E-state index is 0.295. The number of hydrogen-bond donors (Lipinski definition) is 2. The van der Waals surface area contributed by atoms with Crippen molar-refractivity contribution in [3.05, 3.63) is 29.8 Å². The molecule has 1 saturated heterocycles. The Kier molecular flexibility index (Phi) is 4.40. The van der Waals surface area contributed by atoms with Gasteiger partial charge in [0, 0.05) is 19.2 Å². The lowest BCUT2D eigenvalue weighted by molar-refractivity contribution is 0.210. The number of phenolic OH excluding ortho intramolecular Hbond substituents is 1. The summed E-state index contributed by atoms with van der Waals surface area (Å²) in [5.74, 6) is 0.326. The quantitative estimate of drug-likeness (QED) is 0.821. The lowest BCUT2D eigenvalue weighted by Crippen LogP contribution is -2.29. The Morgan fingerprint density at radius 2 is 2.00 bits per heavy atom. The van der Waals surface area contributed by atoms with Gasteiger partial charge in [0.2, 0.25) is 0 Å². The van der Waals surface area contributed by atoms with Gasteiger partial charge in [-0.3, -0.25) is 4.90 Å². The van der Waals surface area contributed by atoms with E-state index in [1.165, 1.54) is 18.4 Å². The maximum atomic E-state index is 9.24. The first-order valence-corrected chi connectivity index (χ1v) is 6.42. The number of nitrogens with zero attached hydrogens (tertiary/aromatic N) is 1. The van der Waals surface area contributed by atoms with Crippen LogP contribution < -0.4 is 0 Å². The number of aliphatic hydroxyl groups is 1. The van der Waals surface area contributed by atoms with E-state index in [2.05, 4.69) is 4.90 Å². The lowest BCUT2D eigenvalue weighted by atomic mass is 10.1. The first-order chi connectivity index (χ1) is 8.29. The maximum absolute atomic E-state index is 9.24. The van der Waals surface area contributed by atoms with Gasteiger partial charge in [0.25, 0.3) is 0 Å². The van der Waals surface area contributed by atoms with Crippen molar-refractivity contribution in [2.24, 2.45) is 0 Å². The van der Waals surface area contributed by atoms with Crippen molar-refractivity contribution in [1.82, 2.24) is 4.90 Å². The molecule has 1 aliphatic rings. The van der Waals surface area contributed by atoms with E-state index in [9.17, 15) is 5.11 Å². The molecule has 0 saturated carbocycles. The van der Waals surface area contributed by atoms with E-state index in [4.69, 9.17) is 5.11 Å². The van der Waals surface area contributed by atoms with E-state index in [1.807, 2.05) is 12.1 Å². The Balaban J connectivity index is 1.90. The molecule has 2 N–H and O–H groups in total. The fourth-order valence-corrected chi connectivity index (χ4v) is 2.59. The predicted octanol–water partition coefficient (Wildman–Crippen LogP) is 2.13. The number of aliphatic hydroxyl groups excluding tert-OH is 1. The smallest absolute Gasteiger partial charge is 0.115 e. The lowest BCUT2D eigenvalue weighted by Gasteiger charge is -2.24. The molecule has 0 aromatic heterocycles. The second-order valence-corrected chi connectivity index (χ2v) is 4.80. The van der Waals surface area contributed by atoms with E-state index in [0.29, 0.717) is 18.4 Å². The number of likely N-dealkylation sites (tertiary alicyclic amines) is 1. The van der Waals surface area contributed by atoms with Gasteiger partial charge in [0.15, 0.2) is 0 Å². The Morgan fingerprint density at radius 3 is 2.71 bits per heavy atom. The average molecular weight is 235 g/mol. The number of phenols is 1. The first-order valence-electron chi connectivity index (χ1n) is 6.42. The summed E-state index contributed by atoms with van der Waals surface area (Å²) in [4.78, 5) is 2.49. The second-order valence-electron chi connectivity index (χ2n) is 4.80. The Bertz CT molecular complexity index is 337. The van der Waals surface area contributed by atoms with Gasteiger partial charge < -0.3 is 10.2 Å². The summed E-state index contributed by atoms with van der Waals surface area (Å²) in [5, 5.41) is 18.1. The molecule has 0 bridgehead atoms. The van der Waals surface area contributed by atoms with Crippen LogP contribution in [-0.4, -0.2) is 34.3 Å². The van der Waals surface area contributed by atoms with Crippen LogP contribution in [0.5, 0.6) is 5.75 Å². The molecule has 0 amide bonds. The minimum Gasteiger partial charge on any atom is -0.508 e. The molecule has 1 aliphatic heterocycles. The largest absolute Gasteiger partial charge is 0.508 e. The molecule has 1 atom stereocenters. The van der Waals surface area contributed by atoms with Crippen LogP contribution in [0.1, 0.15) is 31.2 Å². The van der Waals surface area contributed by atoms with Crippen molar-refractivity contribution in [3.63, 3.8) is 0 Å². The van der Waals surface area contributed by atoms with Gasteiger partial charge in [0.1, 0.15) is 5.75 Å². The Morgan fingerprint density at radius 1 is 1.24 bits per heavy atom. The van der Waals surface area contributed by atoms with Crippen LogP contribution in [-0.2, 0) is 6.54 Å². The summed E-state index contributed by atoms with van der Waals surface area (Å²) in [6.07, 6.45) is 4.50. The molecule has 0 aliphatic carbocycles. The highest BCUT2D eigenvalue weighted by Crippen LogP contribution is 2.23. The number of rotatable bonds is 5. The highest BCUT2D eigenvalue weighted by Gasteiger charge is 2.23. The van der Waals surface area contributed by atoms with Gasteiger partial charge in [-0.15, -0.1) is 0 Å². The van der Waals surface area contributed by atoms with E-state index in [-0.39, 0.29) is 0 Å². The molecule has 1 aromatic carbocycles. The first kappa shape index (κ1) is 12.4. The van der Waals surface area contributed by atoms with Crippen LogP contribution in [0.25, 0.3) is 0 Å². The molecule has 2 rings (SSSR count). The summed E-state index contributed by atoms with van der Waals surface area (Å²) in [5.41, 5.74) is 1.25. The number of benzene rings is 1. The molecule has 3 heteroatoms. The van der Waals surface area contributed by atoms with Crippen LogP contribution in [0.4, 0.5) is 0 Å². The zero-order valence-electron chi connectivity index (χ0n) is 10.2. The second kappa shape index (κ2) is 6.03. The number of hydrogen-bond acceptors (Lipinski definition) is 3. The molecular formula is C14H21NO2. The minimum absolute atomic E-state index is 0.295. The fourth-order valence-electron chi connectivity index (χ4n) is 2.59. The summed E-state index contributed by atoms with van der Waals surface area (Å²) in [6.45, 7) is 2.40. The fraction of sp³-hybridized carbons (Fsp3) is 0.571. The van der Waals surface area contributed by atoms with Crippen molar-refractivity contribution in [1.29, 1.82) is 0 Å². The third-order valence-electron chi connectivity index (χ3n) is 3.52. The van der Waals surface area contributed by atoms with Gasteiger partial charge in [-0.1, -0.05) is 12.1 Å². The average Bonchev–Trinajstić information content (AvgIpc) is 2.77. The van der Waals surface area contributed by atoms with Crippen molar-refractivity contribution >= 4 is 0 Å². The standard InChI is InChI=1S/C14H21NO2/c16-10-2-4-13-3-1-9-15(13)11-12-5-7-14(17)8-6-12/h5-8,13,16-17H,1-4,9-11H2. The van der Waals surface area contributed by atoms with Crippen molar-refractivity contribution in [2.45, 2.75) is 38.3 Å². The molecule has 17 heavy (non-hydrogen) atoms. The van der Waals surface area contributed by atoms with Crippen LogP contribution in [0.3, 0.4) is 0 Å². The highest BCUT2D eigenvalue weighted by atomic mass is 16.3. The highest BCUT2D eigenvalue weighted by molar-refractivity contribution is 5.25. The molecular weight excluding hydrogens is 214 g/mol. The van der Waals surface area contributed by atoms with Crippen molar-refractivity contribution in [2.75, 3.05) is 13.2 Å². The molecule has 0 spiro atoms. The third-order valence-corrected chi connectivity index (χ3v) is 3.52. The maximum Gasteiger partial charge on any atom is 0.115 e. The summed E-state index contributed by atoms with van der Waals surface area (Å²) >= 11 is 0. The molecule has 0 radical (unpaired) electrons. The molecule has 94 valence electrons. The van der Waals surface area contributed by atoms with Crippen LogP contribution in [0.2, 0.25) is 0 Å². The van der Waals surface area contributed by atoms with E-state index in [1.54, 1.807) is 12.1 Å². The summed E-state index contributed by atoms with van der Waals surface area (Å²) in [6, 6.07) is 8.08. The topological polar surface area (TPSA) is 43.7 Å². The molecule has 1 unspecified atom stereocenters. The molecule has 3 nitrogen and oxygen atoms in total. The normalized spacial score (nSPS) is 20.9. The molecule has 1 heterocycles. The van der Waals surface area contributed by atoms with Gasteiger partial charge in [-0.25, -0.2) is 0 Å². The summed E-state index contributed by atoms with van der Waals surface area (Å²) in [7, 11) is 0. The van der Waals surface area contributed by atoms with Gasteiger partial charge >= 0.3 is 0 Å². The Labute approximate surface area is 103 Å². The third kappa shape index (κ3) is 3.45. The monoisotopic (exact) mass is 235 g/mol. The predicted molar refractivity (Wildman–Crippen MR) is 67.9 cm³/mol. The van der Waals surface area contributed by atoms with Crippen molar-refractivity contribution in [3.8, 4) is 5.75 Å². The van der Waals surface area contributed by atoms with Gasteiger partial charge in [-0.05, 0) is 49.9 Å². The van der Waals surface area contributed by atoms with Crippen molar-refractivity contribution < 1.29 is 10.2 Å². The van der Waals surface area contributed by atoms with Crippen LogP contribution in [0.15, 0.2) is 24.3 Å². The molecule has 1 fully saturated rings. The molecule has 1 aromatic rings. The van der Waals surface area contributed by atoms with Crippen LogP contribution in [0, 0.1) is 0 Å². The summed E-state index contributed by atoms with van der Waals surface area (Å²) < 4.78 is 0. The zero-order valence-corrected chi connectivity index (χ0v) is 10.2. The van der Waals surface area contributed by atoms with Gasteiger partial charge in [0.05, 0.1) is 0 Å². The van der Waals surface area contributed by atoms with Crippen LogP contribution >= 0.6 is 0 Å². The van der Waals surface area contributed by atoms with E-state index >= 15 is 0 Å². The van der Waals surface area contributed by atoms with E-state index in [0.717, 1.165) is 25.9 Å². The number of aromatic hydroxyl groups is 1. The SMILES string of the molecule is OCCCC1CCCN1Cc1ccc(O)cc1. The zero-order chi connectivity index (χ0) is 12.1.